The summed E-state index contributed by atoms with van der Waals surface area (Å²) in [6.07, 6.45) is 4.37. The smallest absolute Gasteiger partial charge is 0.388 e. The summed E-state index contributed by atoms with van der Waals surface area (Å²) >= 11 is 14.4. The fraction of sp³-hybridized carbons (Fsp3) is 0.538. The Labute approximate surface area is 152 Å². The van der Waals surface area contributed by atoms with Gasteiger partial charge in [0.15, 0.2) is 6.23 Å². The normalized spacial score (nSPS) is 28.7. The number of aliphatic hydroxyl groups excluding tert-OH is 1. The summed E-state index contributed by atoms with van der Waals surface area (Å²) in [5.41, 5.74) is -3.02. The Balaban J connectivity index is 0.000000648. The number of aliphatic hydroxyl groups is 1. The number of aromatic amines is 1. The number of nitrogens with zero attached hydrogens (tertiary/aromatic N) is 1. The van der Waals surface area contributed by atoms with Crippen LogP contribution >= 0.6 is 34.4 Å². The van der Waals surface area contributed by atoms with Crippen molar-refractivity contribution in [2.45, 2.75) is 38.2 Å². The van der Waals surface area contributed by atoms with Gasteiger partial charge in [-0.2, -0.15) is 38.8 Å². The lowest BCUT2D eigenvalue weighted by molar-refractivity contribution is -0.0682. The van der Waals surface area contributed by atoms with E-state index in [1.165, 1.54) is 0 Å². The molecule has 0 saturated carbocycles. The molecule has 1 aromatic heterocycles. The molecule has 1 aliphatic rings. The molecule has 4 atom stereocenters. The Morgan fingerprint density at radius 3 is 2.50 bits per heavy atom. The van der Waals surface area contributed by atoms with Crippen molar-refractivity contribution in [2.24, 2.45) is 5.92 Å². The molecule has 0 aliphatic carbocycles. The second-order valence-corrected chi connectivity index (χ2v) is 7.05. The van der Waals surface area contributed by atoms with Gasteiger partial charge in [-0.3, -0.25) is 14.3 Å². The van der Waals surface area contributed by atoms with Gasteiger partial charge in [-0.15, -0.1) is 6.42 Å². The fourth-order valence-corrected chi connectivity index (χ4v) is 2.46. The van der Waals surface area contributed by atoms with Crippen LogP contribution in [-0.4, -0.2) is 31.3 Å². The number of hydrogen-bond donors (Lipinski definition) is 2. The zero-order valence-electron chi connectivity index (χ0n) is 12.8. The highest BCUT2D eigenvalue weighted by molar-refractivity contribution is 7.54. The van der Waals surface area contributed by atoms with E-state index in [0.717, 1.165) is 4.57 Å². The molecular formula is C13H15BCl3FN2O4. The van der Waals surface area contributed by atoms with Gasteiger partial charge in [-0.1, -0.05) is 19.8 Å². The van der Waals surface area contributed by atoms with Crippen LogP contribution < -0.4 is 11.2 Å². The lowest BCUT2D eigenvalue weighted by atomic mass is 9.85. The highest BCUT2D eigenvalue weighted by Crippen LogP contribution is 2.42. The van der Waals surface area contributed by atoms with Crippen LogP contribution in [0.4, 0.5) is 4.39 Å². The van der Waals surface area contributed by atoms with Crippen LogP contribution in [0.25, 0.3) is 0 Å². The molecule has 1 fully saturated rings. The molecule has 2 N–H and O–H groups in total. The molecule has 1 aromatic rings. The maximum absolute atomic E-state index is 13.3. The van der Waals surface area contributed by atoms with Crippen molar-refractivity contribution in [3.63, 3.8) is 0 Å². The Bertz CT molecular complexity index is 732. The SMILES string of the molecule is C#C[C@]1(CC)O[C@@H](n2cc(F)c(=O)[nH]c2=O)C(O)C1C.ClB(Cl)Cl. The van der Waals surface area contributed by atoms with Crippen molar-refractivity contribution in [1.82, 2.24) is 9.55 Å². The average Bonchev–Trinajstić information content (AvgIpc) is 2.75. The van der Waals surface area contributed by atoms with Crippen LogP contribution in [0.5, 0.6) is 0 Å². The molecule has 2 rings (SSSR count). The summed E-state index contributed by atoms with van der Waals surface area (Å²) in [6.45, 7) is 3.49. The quantitative estimate of drug-likeness (QED) is 0.585. The van der Waals surface area contributed by atoms with Crippen LogP contribution in [-0.2, 0) is 4.74 Å². The Morgan fingerprint density at radius 2 is 2.08 bits per heavy atom. The monoisotopic (exact) mass is 398 g/mol. The molecular weight excluding hydrogens is 384 g/mol. The average molecular weight is 399 g/mol. The van der Waals surface area contributed by atoms with Gasteiger partial charge in [0, 0.05) is 5.92 Å². The molecule has 0 radical (unpaired) electrons. The topological polar surface area (TPSA) is 84.3 Å². The van der Waals surface area contributed by atoms with E-state index in [4.69, 9.17) is 45.5 Å². The second-order valence-electron chi connectivity index (χ2n) is 5.07. The molecule has 24 heavy (non-hydrogen) atoms. The van der Waals surface area contributed by atoms with Gasteiger partial charge in [-0.25, -0.2) is 4.79 Å². The van der Waals surface area contributed by atoms with Crippen LogP contribution in [0.15, 0.2) is 15.8 Å². The first-order chi connectivity index (χ1) is 11.1. The van der Waals surface area contributed by atoms with Crippen LogP contribution in [0, 0.1) is 24.1 Å². The maximum Gasteiger partial charge on any atom is 0.450 e. The van der Waals surface area contributed by atoms with Crippen LogP contribution in [0.1, 0.15) is 26.5 Å². The van der Waals surface area contributed by atoms with Gasteiger partial charge in [0.1, 0.15) is 11.7 Å². The minimum atomic E-state index is -1.14. The molecule has 132 valence electrons. The predicted molar refractivity (Wildman–Crippen MR) is 91.7 cm³/mol. The third-order valence-corrected chi connectivity index (χ3v) is 3.84. The van der Waals surface area contributed by atoms with E-state index in [1.807, 2.05) is 4.98 Å². The fourth-order valence-electron chi connectivity index (χ4n) is 2.46. The predicted octanol–water partition coefficient (Wildman–Crippen LogP) is 1.67. The number of halogens is 4. The molecule has 0 bridgehead atoms. The van der Waals surface area contributed by atoms with Crippen molar-refractivity contribution in [3.8, 4) is 12.3 Å². The number of H-pyrrole nitrogens is 1. The molecule has 6 nitrogen and oxygen atoms in total. The summed E-state index contributed by atoms with van der Waals surface area (Å²) in [4.78, 5) is 23.8. The Morgan fingerprint density at radius 1 is 1.54 bits per heavy atom. The minimum absolute atomic E-state index is 0.429. The largest absolute Gasteiger partial charge is 0.450 e. The molecule has 1 aliphatic heterocycles. The standard InChI is InChI=1S/C13H15FN2O4.BCl3/c1-4-13(5-2)7(3)9(17)11(20-13)16-6-8(14)10(18)15-12(16)19;2-1(3)4/h1,6-7,9,11,17H,5H2,2-3H3,(H,15,18,19);/t7?,9?,11-,13-;/m1./s1. The van der Waals surface area contributed by atoms with E-state index in [1.54, 1.807) is 13.8 Å². The van der Waals surface area contributed by atoms with Crippen molar-refractivity contribution in [1.29, 1.82) is 0 Å². The van der Waals surface area contributed by atoms with Crippen LogP contribution in [0.2, 0.25) is 0 Å². The van der Waals surface area contributed by atoms with E-state index in [0.29, 0.717) is 12.6 Å². The summed E-state index contributed by atoms with van der Waals surface area (Å²) in [5.74, 6) is 0.912. The minimum Gasteiger partial charge on any atom is -0.388 e. The summed E-state index contributed by atoms with van der Waals surface area (Å²) in [7, 11) is 0. The molecule has 2 unspecified atom stereocenters. The van der Waals surface area contributed by atoms with E-state index >= 15 is 0 Å². The summed E-state index contributed by atoms with van der Waals surface area (Å²) < 4.78 is 19.7. The summed E-state index contributed by atoms with van der Waals surface area (Å²) in [6, 6.07) is 0. The highest BCUT2D eigenvalue weighted by atomic mass is 35.6. The lowest BCUT2D eigenvalue weighted by Gasteiger charge is -2.25. The molecule has 1 saturated heterocycles. The number of ether oxygens (including phenoxy) is 1. The van der Waals surface area contributed by atoms with E-state index in [-0.39, 0.29) is 0 Å². The van der Waals surface area contributed by atoms with Gasteiger partial charge in [0.25, 0.3) is 5.56 Å². The van der Waals surface area contributed by atoms with Crippen molar-refractivity contribution in [2.75, 3.05) is 0 Å². The number of aromatic nitrogens is 2. The number of rotatable bonds is 2. The first-order valence-corrected chi connectivity index (χ1v) is 8.17. The van der Waals surface area contributed by atoms with Crippen molar-refractivity contribution < 1.29 is 14.2 Å². The van der Waals surface area contributed by atoms with Gasteiger partial charge < -0.3 is 9.84 Å². The highest BCUT2D eigenvalue weighted by Gasteiger charge is 2.51. The van der Waals surface area contributed by atoms with Crippen molar-refractivity contribution >= 4 is 39.3 Å². The number of hydrogen-bond acceptors (Lipinski definition) is 4. The van der Waals surface area contributed by atoms with E-state index in [2.05, 4.69) is 5.92 Å². The third-order valence-electron chi connectivity index (χ3n) is 3.84. The first kappa shape index (κ1) is 21.1. The van der Waals surface area contributed by atoms with Gasteiger partial charge in [0.05, 0.1) is 6.20 Å². The zero-order chi connectivity index (χ0) is 18.7. The van der Waals surface area contributed by atoms with Crippen molar-refractivity contribution in [3.05, 3.63) is 32.9 Å². The maximum atomic E-state index is 13.3. The molecule has 0 aromatic carbocycles. The molecule has 2 heterocycles. The molecule has 0 amide bonds. The second kappa shape index (κ2) is 8.41. The number of nitrogens with one attached hydrogen (secondary N) is 1. The van der Waals surface area contributed by atoms with Crippen LogP contribution in [0.3, 0.4) is 0 Å². The van der Waals surface area contributed by atoms with Gasteiger partial charge in [-0.05, 0) is 6.42 Å². The Hall–Kier alpha value is -0.975. The van der Waals surface area contributed by atoms with Gasteiger partial charge >= 0.3 is 10.6 Å². The zero-order valence-corrected chi connectivity index (χ0v) is 15.1. The Kier molecular flexibility index (Phi) is 7.38. The summed E-state index contributed by atoms with van der Waals surface area (Å²) in [5, 5.41) is 10.2. The van der Waals surface area contributed by atoms with E-state index < -0.39 is 45.9 Å². The lowest BCUT2D eigenvalue weighted by Crippen LogP contribution is -2.37. The molecule has 11 heteroatoms. The first-order valence-electron chi connectivity index (χ1n) is 6.86. The molecule has 0 spiro atoms. The van der Waals surface area contributed by atoms with Gasteiger partial charge in [0.2, 0.25) is 5.82 Å². The van der Waals surface area contributed by atoms with E-state index in [9.17, 15) is 19.1 Å². The number of terminal acetylenes is 1. The third kappa shape index (κ3) is 4.35.